The Labute approximate surface area is 158 Å². The highest BCUT2D eigenvalue weighted by Gasteiger charge is 2.36. The van der Waals surface area contributed by atoms with Crippen molar-refractivity contribution in [3.05, 3.63) is 53.6 Å². The second-order valence-electron chi connectivity index (χ2n) is 6.52. The topological polar surface area (TPSA) is 17.8 Å². The van der Waals surface area contributed by atoms with Gasteiger partial charge in [0.15, 0.2) is 0 Å². The Balaban J connectivity index is 1.60. The van der Waals surface area contributed by atoms with E-state index in [9.17, 15) is 0 Å². The number of rotatable bonds is 7. The van der Waals surface area contributed by atoms with E-state index in [2.05, 4.69) is 58.3 Å². The summed E-state index contributed by atoms with van der Waals surface area (Å²) in [5, 5.41) is 0.819. The summed E-state index contributed by atoms with van der Waals surface area (Å²) in [5.41, 5.74) is 1.38. The van der Waals surface area contributed by atoms with Crippen molar-refractivity contribution >= 4 is 35.1 Å². The van der Waals surface area contributed by atoms with Gasteiger partial charge in [-0.2, -0.15) is 0 Å². The summed E-state index contributed by atoms with van der Waals surface area (Å²) in [4.78, 5) is 4.22. The van der Waals surface area contributed by atoms with Gasteiger partial charge in [-0.15, -0.1) is 23.5 Å². The van der Waals surface area contributed by atoms with Crippen LogP contribution in [0.3, 0.4) is 0 Å². The Bertz CT molecular complexity index is 605. The van der Waals surface area contributed by atoms with Crippen LogP contribution in [0.1, 0.15) is 31.7 Å². The molecule has 0 atom stereocenters. The molecule has 1 aromatic carbocycles. The van der Waals surface area contributed by atoms with Crippen molar-refractivity contribution in [1.29, 1.82) is 0 Å². The molecule has 0 spiro atoms. The largest absolute Gasteiger partial charge is 0.335 e. The third-order valence-corrected chi connectivity index (χ3v) is 8.61. The maximum Gasteiger partial charge on any atom is 0.0946 e. The fourth-order valence-corrected chi connectivity index (χ4v) is 6.91. The molecule has 0 aliphatic carbocycles. The van der Waals surface area contributed by atoms with Crippen LogP contribution in [-0.2, 0) is 13.0 Å². The van der Waals surface area contributed by atoms with Crippen LogP contribution in [0.4, 0.5) is 0 Å². The summed E-state index contributed by atoms with van der Waals surface area (Å²) in [6.45, 7) is 3.37. The average molecular weight is 381 g/mol. The van der Waals surface area contributed by atoms with E-state index in [4.69, 9.17) is 11.6 Å². The van der Waals surface area contributed by atoms with Gasteiger partial charge in [-0.1, -0.05) is 37.1 Å². The molecule has 130 valence electrons. The second-order valence-corrected chi connectivity index (χ2v) is 10.0. The molecular weight excluding hydrogens is 356 g/mol. The number of aromatic nitrogens is 2. The standard InChI is InChI=1S/C19H25ClN2S2/c1-2-16-12-23-19(24-13-16,14-22-11-10-21-15-22)9-3-4-17-5-7-18(20)8-6-17/h5-8,10-11,15-16H,2-4,9,12-14H2,1H3. The van der Waals surface area contributed by atoms with Crippen LogP contribution in [0.5, 0.6) is 0 Å². The highest BCUT2D eigenvalue weighted by Crippen LogP contribution is 2.49. The van der Waals surface area contributed by atoms with Crippen LogP contribution in [0.2, 0.25) is 5.02 Å². The number of hydrogen-bond acceptors (Lipinski definition) is 3. The Morgan fingerprint density at radius 3 is 2.62 bits per heavy atom. The minimum absolute atomic E-state index is 0.290. The number of nitrogens with zero attached hydrogens (tertiary/aromatic N) is 2. The lowest BCUT2D eigenvalue weighted by Crippen LogP contribution is -2.33. The minimum Gasteiger partial charge on any atom is -0.335 e. The van der Waals surface area contributed by atoms with E-state index in [1.54, 1.807) is 0 Å². The van der Waals surface area contributed by atoms with Gasteiger partial charge in [-0.05, 0) is 54.4 Å². The van der Waals surface area contributed by atoms with E-state index in [1.807, 2.05) is 24.7 Å². The van der Waals surface area contributed by atoms with Crippen LogP contribution in [0, 0.1) is 5.92 Å². The van der Waals surface area contributed by atoms with Crippen LogP contribution in [-0.4, -0.2) is 25.1 Å². The number of aryl methyl sites for hydroxylation is 1. The smallest absolute Gasteiger partial charge is 0.0946 e. The van der Waals surface area contributed by atoms with E-state index in [-0.39, 0.29) is 0 Å². The zero-order valence-corrected chi connectivity index (χ0v) is 16.5. The Hall–Kier alpha value is -0.580. The van der Waals surface area contributed by atoms with Crippen molar-refractivity contribution in [2.45, 2.75) is 43.2 Å². The monoisotopic (exact) mass is 380 g/mol. The molecule has 1 saturated heterocycles. The molecular formula is C19H25ClN2S2. The van der Waals surface area contributed by atoms with E-state index < -0.39 is 0 Å². The molecule has 5 heteroatoms. The van der Waals surface area contributed by atoms with Gasteiger partial charge in [0, 0.05) is 24.0 Å². The lowest BCUT2D eigenvalue weighted by molar-refractivity contribution is 0.550. The highest BCUT2D eigenvalue weighted by atomic mass is 35.5. The molecule has 1 aromatic heterocycles. The first-order valence-corrected chi connectivity index (χ1v) is 11.0. The molecule has 24 heavy (non-hydrogen) atoms. The quantitative estimate of drug-likeness (QED) is 0.607. The van der Waals surface area contributed by atoms with Gasteiger partial charge in [0.1, 0.15) is 0 Å². The Kier molecular flexibility index (Phi) is 6.59. The van der Waals surface area contributed by atoms with Gasteiger partial charge in [0.25, 0.3) is 0 Å². The van der Waals surface area contributed by atoms with E-state index in [0.717, 1.165) is 23.9 Å². The fourth-order valence-electron chi connectivity index (χ4n) is 3.05. The predicted molar refractivity (Wildman–Crippen MR) is 108 cm³/mol. The Morgan fingerprint density at radius 2 is 2.00 bits per heavy atom. The molecule has 2 nitrogen and oxygen atoms in total. The molecule has 1 fully saturated rings. The van der Waals surface area contributed by atoms with Crippen LogP contribution < -0.4 is 0 Å². The van der Waals surface area contributed by atoms with Crippen LogP contribution >= 0.6 is 35.1 Å². The first-order valence-electron chi connectivity index (χ1n) is 8.67. The minimum atomic E-state index is 0.290. The van der Waals surface area contributed by atoms with Crippen LogP contribution in [0.25, 0.3) is 0 Å². The zero-order chi connectivity index (χ0) is 16.8. The summed E-state index contributed by atoms with van der Waals surface area (Å²) in [7, 11) is 0. The molecule has 2 heterocycles. The molecule has 3 rings (SSSR count). The molecule has 0 amide bonds. The molecule has 2 aromatic rings. The van der Waals surface area contributed by atoms with Gasteiger partial charge < -0.3 is 4.57 Å². The predicted octanol–water partition coefficient (Wildman–Crippen LogP) is 5.76. The molecule has 0 bridgehead atoms. The first kappa shape index (κ1) is 18.2. The SMILES string of the molecule is CCC1CSC(CCCc2ccc(Cl)cc2)(Cn2ccnc2)SC1. The van der Waals surface area contributed by atoms with Gasteiger partial charge in [-0.25, -0.2) is 4.98 Å². The summed E-state index contributed by atoms with van der Waals surface area (Å²) in [5.74, 6) is 3.45. The molecule has 1 aliphatic heterocycles. The summed E-state index contributed by atoms with van der Waals surface area (Å²) >= 11 is 10.3. The lowest BCUT2D eigenvalue weighted by Gasteiger charge is -2.39. The number of halogens is 1. The zero-order valence-electron chi connectivity index (χ0n) is 14.2. The van der Waals surface area contributed by atoms with Crippen molar-refractivity contribution in [3.8, 4) is 0 Å². The molecule has 0 saturated carbocycles. The van der Waals surface area contributed by atoms with E-state index >= 15 is 0 Å². The number of thioether (sulfide) groups is 2. The van der Waals surface area contributed by atoms with Crippen molar-refractivity contribution < 1.29 is 0 Å². The van der Waals surface area contributed by atoms with Gasteiger partial charge in [0.05, 0.1) is 10.4 Å². The second kappa shape index (κ2) is 8.68. The summed E-state index contributed by atoms with van der Waals surface area (Å²) in [6.07, 6.45) is 10.8. The van der Waals surface area contributed by atoms with Crippen molar-refractivity contribution in [2.24, 2.45) is 5.92 Å². The average Bonchev–Trinajstić information content (AvgIpc) is 3.10. The van der Waals surface area contributed by atoms with Crippen molar-refractivity contribution in [1.82, 2.24) is 9.55 Å². The molecule has 0 radical (unpaired) electrons. The number of hydrogen-bond donors (Lipinski definition) is 0. The first-order chi connectivity index (χ1) is 11.7. The van der Waals surface area contributed by atoms with Gasteiger partial charge >= 0.3 is 0 Å². The van der Waals surface area contributed by atoms with Crippen molar-refractivity contribution in [2.75, 3.05) is 11.5 Å². The number of benzene rings is 1. The third-order valence-electron chi connectivity index (χ3n) is 4.66. The fraction of sp³-hybridized carbons (Fsp3) is 0.526. The maximum atomic E-state index is 5.98. The lowest BCUT2D eigenvalue weighted by atomic mass is 10.1. The Morgan fingerprint density at radius 1 is 1.25 bits per heavy atom. The van der Waals surface area contributed by atoms with Gasteiger partial charge in [0.2, 0.25) is 0 Å². The third kappa shape index (κ3) is 4.96. The van der Waals surface area contributed by atoms with Crippen molar-refractivity contribution in [3.63, 3.8) is 0 Å². The van der Waals surface area contributed by atoms with Gasteiger partial charge in [-0.3, -0.25) is 0 Å². The maximum absolute atomic E-state index is 5.98. The number of imidazole rings is 1. The van der Waals surface area contributed by atoms with Crippen LogP contribution in [0.15, 0.2) is 43.0 Å². The van der Waals surface area contributed by atoms with E-state index in [1.165, 1.54) is 36.3 Å². The molecule has 1 aliphatic rings. The van der Waals surface area contributed by atoms with E-state index in [0.29, 0.717) is 4.08 Å². The molecule has 0 N–H and O–H groups in total. The summed E-state index contributed by atoms with van der Waals surface area (Å²) in [6, 6.07) is 8.29. The summed E-state index contributed by atoms with van der Waals surface area (Å²) < 4.78 is 2.54. The normalized spacial score (nSPS) is 24.2. The highest BCUT2D eigenvalue weighted by molar-refractivity contribution is 8.18. The molecule has 0 unspecified atom stereocenters.